The van der Waals surface area contributed by atoms with Crippen molar-refractivity contribution in [1.82, 2.24) is 14.9 Å². The zero-order valence-corrected chi connectivity index (χ0v) is 19.2. The minimum Gasteiger partial charge on any atom is -0.472 e. The van der Waals surface area contributed by atoms with Gasteiger partial charge >= 0.3 is 6.09 Å². The molecule has 7 nitrogen and oxygen atoms in total. The second-order valence-corrected chi connectivity index (χ2v) is 9.75. The van der Waals surface area contributed by atoms with Crippen LogP contribution >= 0.6 is 11.3 Å². The smallest absolute Gasteiger partial charge is 0.404 e. The van der Waals surface area contributed by atoms with Crippen molar-refractivity contribution < 1.29 is 14.3 Å². The first-order valence-corrected chi connectivity index (χ1v) is 12.0. The van der Waals surface area contributed by atoms with Crippen molar-refractivity contribution in [2.75, 3.05) is 13.1 Å². The van der Waals surface area contributed by atoms with Gasteiger partial charge < -0.3 is 15.2 Å². The third-order valence-corrected chi connectivity index (χ3v) is 7.68. The zero-order chi connectivity index (χ0) is 22.2. The number of thiophene rings is 1. The van der Waals surface area contributed by atoms with Crippen molar-refractivity contribution in [2.24, 2.45) is 17.6 Å². The first kappa shape index (κ1) is 21.2. The first-order valence-electron chi connectivity index (χ1n) is 11.1. The van der Waals surface area contributed by atoms with Gasteiger partial charge in [-0.1, -0.05) is 24.3 Å². The Morgan fingerprint density at radius 1 is 1.22 bits per heavy atom. The van der Waals surface area contributed by atoms with Gasteiger partial charge in [0.2, 0.25) is 5.88 Å². The Bertz CT molecular complexity index is 1120. The normalized spacial score (nSPS) is 23.9. The number of nitrogens with zero attached hydrogens (tertiary/aromatic N) is 3. The van der Waals surface area contributed by atoms with E-state index >= 15 is 0 Å². The van der Waals surface area contributed by atoms with E-state index in [4.69, 9.17) is 15.2 Å². The van der Waals surface area contributed by atoms with Gasteiger partial charge in [-0.25, -0.2) is 9.78 Å². The highest BCUT2D eigenvalue weighted by Gasteiger charge is 2.45. The standard InChI is InChI=1S/C24H28N4O3S/c1-14(28-11-18-7-8-21(20(18)12-28)31-24(25)29)17-5-3-16(4-6-17)13-30-22-19-9-10-32-23(19)27-15(2)26-22/h3-6,9-10,14,18,20-21H,7-8,11-13H2,1-2H3,(H2,25,29). The van der Waals surface area contributed by atoms with Crippen LogP contribution in [0.1, 0.15) is 42.8 Å². The van der Waals surface area contributed by atoms with Crippen LogP contribution in [0.4, 0.5) is 4.79 Å². The number of primary amides is 1. The van der Waals surface area contributed by atoms with Gasteiger partial charge in [0.1, 0.15) is 23.4 Å². The predicted octanol–water partition coefficient (Wildman–Crippen LogP) is 4.45. The number of likely N-dealkylation sites (tertiary alicyclic amines) is 1. The molecular weight excluding hydrogens is 424 g/mol. The van der Waals surface area contributed by atoms with Crippen LogP contribution in [-0.2, 0) is 11.3 Å². The molecule has 0 spiro atoms. The average molecular weight is 453 g/mol. The highest BCUT2D eigenvalue weighted by atomic mass is 32.1. The van der Waals surface area contributed by atoms with Crippen molar-refractivity contribution in [3.63, 3.8) is 0 Å². The van der Waals surface area contributed by atoms with Crippen LogP contribution < -0.4 is 10.5 Å². The lowest BCUT2D eigenvalue weighted by Gasteiger charge is -2.26. The summed E-state index contributed by atoms with van der Waals surface area (Å²) in [7, 11) is 0. The third kappa shape index (κ3) is 4.17. The van der Waals surface area contributed by atoms with Gasteiger partial charge in [0.05, 0.1) is 5.39 Å². The summed E-state index contributed by atoms with van der Waals surface area (Å²) in [6, 6.07) is 10.9. The molecule has 1 aliphatic heterocycles. The molecule has 32 heavy (non-hydrogen) atoms. The Morgan fingerprint density at radius 2 is 2.03 bits per heavy atom. The molecular formula is C24H28N4O3S. The molecule has 2 aliphatic rings. The highest BCUT2D eigenvalue weighted by molar-refractivity contribution is 7.16. The number of ether oxygens (including phenoxy) is 2. The van der Waals surface area contributed by atoms with Crippen molar-refractivity contribution in [1.29, 1.82) is 0 Å². The van der Waals surface area contributed by atoms with Crippen LogP contribution in [0.2, 0.25) is 0 Å². The van der Waals surface area contributed by atoms with E-state index in [2.05, 4.69) is 46.1 Å². The molecule has 2 aromatic heterocycles. The number of aryl methyl sites for hydroxylation is 1. The van der Waals surface area contributed by atoms with E-state index in [1.807, 2.05) is 18.4 Å². The minimum atomic E-state index is -0.656. The molecule has 1 saturated heterocycles. The van der Waals surface area contributed by atoms with Gasteiger partial charge in [0, 0.05) is 25.0 Å². The van der Waals surface area contributed by atoms with E-state index in [1.54, 1.807) is 11.3 Å². The maximum absolute atomic E-state index is 11.2. The average Bonchev–Trinajstić information content (AvgIpc) is 3.48. The third-order valence-electron chi connectivity index (χ3n) is 6.87. The molecule has 168 valence electrons. The molecule has 3 aromatic rings. The van der Waals surface area contributed by atoms with Gasteiger partial charge in [-0.05, 0) is 55.2 Å². The fourth-order valence-corrected chi connectivity index (χ4v) is 5.96. The van der Waals surface area contributed by atoms with Crippen molar-refractivity contribution in [3.05, 3.63) is 52.7 Å². The van der Waals surface area contributed by atoms with Gasteiger partial charge in [-0.15, -0.1) is 11.3 Å². The molecule has 2 N–H and O–H groups in total. The van der Waals surface area contributed by atoms with Crippen LogP contribution in [0.5, 0.6) is 5.88 Å². The second kappa shape index (κ2) is 8.67. The monoisotopic (exact) mass is 452 g/mol. The predicted molar refractivity (Wildman–Crippen MR) is 124 cm³/mol. The van der Waals surface area contributed by atoms with Crippen molar-refractivity contribution >= 4 is 27.6 Å². The molecule has 0 bridgehead atoms. The number of aromatic nitrogens is 2. The van der Waals surface area contributed by atoms with E-state index in [1.165, 1.54) is 5.56 Å². The number of hydrogen-bond donors (Lipinski definition) is 1. The summed E-state index contributed by atoms with van der Waals surface area (Å²) < 4.78 is 11.4. The van der Waals surface area contributed by atoms with Gasteiger partial charge in [-0.2, -0.15) is 4.98 Å². The number of carbonyl (C=O) groups excluding carboxylic acids is 1. The second-order valence-electron chi connectivity index (χ2n) is 8.85. The molecule has 1 aliphatic carbocycles. The van der Waals surface area contributed by atoms with Crippen LogP contribution in [0.3, 0.4) is 0 Å². The Labute approximate surface area is 191 Å². The summed E-state index contributed by atoms with van der Waals surface area (Å²) in [6.45, 7) is 6.58. The lowest BCUT2D eigenvalue weighted by Crippen LogP contribution is -2.31. The van der Waals surface area contributed by atoms with Crippen molar-refractivity contribution in [3.8, 4) is 5.88 Å². The zero-order valence-electron chi connectivity index (χ0n) is 18.4. The molecule has 4 atom stereocenters. The van der Waals surface area contributed by atoms with E-state index in [9.17, 15) is 4.79 Å². The fraction of sp³-hybridized carbons (Fsp3) is 0.458. The number of carbonyl (C=O) groups is 1. The van der Waals surface area contributed by atoms with E-state index < -0.39 is 6.09 Å². The van der Waals surface area contributed by atoms with E-state index in [0.29, 0.717) is 30.4 Å². The number of amides is 1. The quantitative estimate of drug-likeness (QED) is 0.594. The maximum Gasteiger partial charge on any atom is 0.404 e. The molecule has 1 saturated carbocycles. The largest absolute Gasteiger partial charge is 0.472 e. The van der Waals surface area contributed by atoms with Gasteiger partial charge in [0.25, 0.3) is 0 Å². The Morgan fingerprint density at radius 3 is 2.81 bits per heavy atom. The molecule has 5 rings (SSSR count). The van der Waals surface area contributed by atoms with Crippen molar-refractivity contribution in [2.45, 2.75) is 45.4 Å². The molecule has 1 aromatic carbocycles. The molecule has 3 heterocycles. The summed E-state index contributed by atoms with van der Waals surface area (Å²) in [5, 5.41) is 2.97. The topological polar surface area (TPSA) is 90.6 Å². The summed E-state index contributed by atoms with van der Waals surface area (Å²) in [5.74, 6) is 2.34. The summed E-state index contributed by atoms with van der Waals surface area (Å²) >= 11 is 1.60. The highest BCUT2D eigenvalue weighted by Crippen LogP contribution is 2.42. The molecule has 1 amide bonds. The molecule has 8 heteroatoms. The SMILES string of the molecule is Cc1nc(OCc2ccc(C(C)N3CC4CCC(OC(N)=O)C4C3)cc2)c2ccsc2n1. The number of hydrogen-bond acceptors (Lipinski definition) is 7. The first-order chi connectivity index (χ1) is 15.5. The maximum atomic E-state index is 11.2. The Kier molecular flexibility index (Phi) is 5.73. The molecule has 0 radical (unpaired) electrons. The van der Waals surface area contributed by atoms with Crippen LogP contribution in [-0.4, -0.2) is 40.2 Å². The van der Waals surface area contributed by atoms with Crippen LogP contribution in [0.25, 0.3) is 10.2 Å². The number of nitrogens with two attached hydrogens (primary N) is 1. The molecule has 4 unspecified atom stereocenters. The van der Waals surface area contributed by atoms with Gasteiger partial charge in [0.15, 0.2) is 0 Å². The lowest BCUT2D eigenvalue weighted by molar-refractivity contribution is 0.0773. The summed E-state index contributed by atoms with van der Waals surface area (Å²) in [4.78, 5) is 23.6. The fourth-order valence-electron chi connectivity index (χ4n) is 5.16. The summed E-state index contributed by atoms with van der Waals surface area (Å²) in [6.07, 6.45) is 1.34. The Balaban J connectivity index is 1.21. The lowest BCUT2D eigenvalue weighted by atomic mass is 9.99. The minimum absolute atomic E-state index is 0.0330. The van der Waals surface area contributed by atoms with Crippen LogP contribution in [0, 0.1) is 18.8 Å². The molecule has 2 fully saturated rings. The Hall–Kier alpha value is -2.71. The number of fused-ring (bicyclic) bond motifs is 2. The van der Waals surface area contributed by atoms with Gasteiger partial charge in [-0.3, -0.25) is 4.90 Å². The van der Waals surface area contributed by atoms with E-state index in [0.717, 1.165) is 47.5 Å². The number of benzene rings is 1. The van der Waals surface area contributed by atoms with E-state index in [-0.39, 0.29) is 6.10 Å². The van der Waals surface area contributed by atoms with Crippen LogP contribution in [0.15, 0.2) is 35.7 Å². The summed E-state index contributed by atoms with van der Waals surface area (Å²) in [5.41, 5.74) is 7.64. The number of rotatable bonds is 6.